The van der Waals surface area contributed by atoms with Gasteiger partial charge in [0.2, 0.25) is 0 Å². The van der Waals surface area contributed by atoms with Gasteiger partial charge >= 0.3 is 5.69 Å². The van der Waals surface area contributed by atoms with Crippen molar-refractivity contribution in [1.82, 2.24) is 18.7 Å². The molecule has 3 rings (SSSR count). The van der Waals surface area contributed by atoms with E-state index in [1.54, 1.807) is 13.4 Å². The topological polar surface area (TPSA) is 78.4 Å². The number of nitrogens with two attached hydrogens (primary N) is 1. The Balaban J connectivity index is 0.00000341. The molecule has 1 unspecified atom stereocenters. The summed E-state index contributed by atoms with van der Waals surface area (Å²) < 4.78 is 4.46. The van der Waals surface area contributed by atoms with E-state index in [-0.39, 0.29) is 23.7 Å². The first-order chi connectivity index (χ1) is 14.4. The van der Waals surface area contributed by atoms with Gasteiger partial charge in [0.15, 0.2) is 11.2 Å². The molecule has 0 aliphatic rings. The number of imidazole rings is 1. The molecule has 0 aliphatic heterocycles. The first-order valence-electron chi connectivity index (χ1n) is 10.9. The first kappa shape index (κ1) is 24.9. The second-order valence-electron chi connectivity index (χ2n) is 8.42. The van der Waals surface area contributed by atoms with E-state index in [9.17, 15) is 9.59 Å². The molecule has 0 bridgehead atoms. The summed E-state index contributed by atoms with van der Waals surface area (Å²) in [5.74, 6) is 0. The van der Waals surface area contributed by atoms with Crippen LogP contribution in [0.2, 0.25) is 0 Å². The van der Waals surface area contributed by atoms with Crippen LogP contribution in [0, 0.1) is 6.92 Å². The number of benzene rings is 1. The van der Waals surface area contributed by atoms with E-state index in [2.05, 4.69) is 48.4 Å². The Morgan fingerprint density at radius 2 is 1.68 bits per heavy atom. The van der Waals surface area contributed by atoms with Crippen LogP contribution in [0.15, 0.2) is 40.2 Å². The van der Waals surface area contributed by atoms with Crippen molar-refractivity contribution in [2.24, 2.45) is 14.1 Å². The molecule has 1 atom stereocenters. The number of halogens is 1. The first-order valence-corrected chi connectivity index (χ1v) is 10.9. The van der Waals surface area contributed by atoms with E-state index in [1.165, 1.54) is 35.6 Å². The molecule has 2 aromatic heterocycles. The van der Waals surface area contributed by atoms with Gasteiger partial charge in [-0.1, -0.05) is 36.2 Å². The highest BCUT2D eigenvalue weighted by Gasteiger charge is 2.13. The summed E-state index contributed by atoms with van der Waals surface area (Å²) >= 11 is 0. The Labute approximate surface area is 189 Å². The van der Waals surface area contributed by atoms with Gasteiger partial charge in [-0.05, 0) is 38.7 Å². The van der Waals surface area contributed by atoms with Crippen molar-refractivity contribution in [2.45, 2.75) is 58.5 Å². The van der Waals surface area contributed by atoms with E-state index < -0.39 is 0 Å². The average Bonchev–Trinajstić information content (AvgIpc) is 3.15. The van der Waals surface area contributed by atoms with Crippen molar-refractivity contribution in [3.05, 3.63) is 62.6 Å². The molecule has 170 valence electrons. The Hall–Kier alpha value is -2.38. The van der Waals surface area contributed by atoms with Crippen LogP contribution in [0.3, 0.4) is 0 Å². The molecule has 2 N–H and O–H groups in total. The van der Waals surface area contributed by atoms with Gasteiger partial charge < -0.3 is 22.3 Å². The molecule has 2 heterocycles. The number of hydrogen-bond acceptors (Lipinski definition) is 3. The van der Waals surface area contributed by atoms with Gasteiger partial charge in [-0.2, -0.15) is 0 Å². The number of hydrogen-bond donors (Lipinski definition) is 1. The average molecular weight is 448 g/mol. The number of aromatic nitrogens is 4. The zero-order valence-electron chi connectivity index (χ0n) is 19.0. The third-order valence-electron chi connectivity index (χ3n) is 5.82. The van der Waals surface area contributed by atoms with Crippen molar-refractivity contribution in [1.29, 1.82) is 0 Å². The van der Waals surface area contributed by atoms with Crippen LogP contribution in [0.25, 0.3) is 11.2 Å². The van der Waals surface area contributed by atoms with Gasteiger partial charge in [0, 0.05) is 27.1 Å². The van der Waals surface area contributed by atoms with Crippen LogP contribution in [-0.4, -0.2) is 31.3 Å². The minimum atomic E-state index is -0.342. The SMILES string of the molecule is Cc1ccc(CC(C)[NH2+]CCCCCCn2cnc3c2c(=O)n(C)c(=O)n3C)cc1.[Cl-]. The summed E-state index contributed by atoms with van der Waals surface area (Å²) in [7, 11) is 3.16. The highest BCUT2D eigenvalue weighted by molar-refractivity contribution is 5.69. The molecule has 0 aliphatic carbocycles. The largest absolute Gasteiger partial charge is 1.00 e. The Morgan fingerprint density at radius 1 is 1.00 bits per heavy atom. The summed E-state index contributed by atoms with van der Waals surface area (Å²) in [5, 5.41) is 2.44. The second-order valence-corrected chi connectivity index (χ2v) is 8.42. The smallest absolute Gasteiger partial charge is 0.332 e. The maximum absolute atomic E-state index is 12.5. The third kappa shape index (κ3) is 6.08. The standard InChI is InChI=1S/C23H33N5O2.ClH/c1-17-9-11-19(12-10-17)15-18(2)24-13-7-5-6-8-14-28-16-25-21-20(28)22(29)27(4)23(30)26(21)3;/h9-12,16,18,24H,5-8,13-15H2,1-4H3;1H. The fourth-order valence-electron chi connectivity index (χ4n) is 3.93. The lowest BCUT2D eigenvalue weighted by Gasteiger charge is -2.11. The molecule has 31 heavy (non-hydrogen) atoms. The van der Waals surface area contributed by atoms with Gasteiger partial charge in [-0.3, -0.25) is 13.9 Å². The van der Waals surface area contributed by atoms with Gasteiger partial charge in [0.1, 0.15) is 0 Å². The summed E-state index contributed by atoms with van der Waals surface area (Å²) in [6.45, 7) is 6.30. The van der Waals surface area contributed by atoms with Gasteiger partial charge in [0.25, 0.3) is 5.56 Å². The molecule has 3 aromatic rings. The van der Waals surface area contributed by atoms with Crippen LogP contribution in [-0.2, 0) is 27.1 Å². The van der Waals surface area contributed by atoms with Crippen LogP contribution in [0.1, 0.15) is 43.7 Å². The van der Waals surface area contributed by atoms with E-state index >= 15 is 0 Å². The molecular formula is C23H34ClN5O2. The van der Waals surface area contributed by atoms with Crippen LogP contribution in [0.4, 0.5) is 0 Å². The normalized spacial score (nSPS) is 12.1. The van der Waals surface area contributed by atoms with Crippen LogP contribution < -0.4 is 29.0 Å². The van der Waals surface area contributed by atoms with Gasteiger partial charge in [-0.25, -0.2) is 9.78 Å². The van der Waals surface area contributed by atoms with Gasteiger partial charge in [0.05, 0.1) is 18.9 Å². The molecule has 8 heteroatoms. The van der Waals surface area contributed by atoms with Gasteiger partial charge in [-0.15, -0.1) is 0 Å². The van der Waals surface area contributed by atoms with Crippen molar-refractivity contribution in [3.8, 4) is 0 Å². The summed E-state index contributed by atoms with van der Waals surface area (Å²) in [6.07, 6.45) is 7.26. The van der Waals surface area contributed by atoms with Crippen LogP contribution >= 0.6 is 0 Å². The zero-order valence-corrected chi connectivity index (χ0v) is 19.7. The Kier molecular flexibility index (Phi) is 9.07. The quantitative estimate of drug-likeness (QED) is 0.384. The third-order valence-corrected chi connectivity index (χ3v) is 5.82. The monoisotopic (exact) mass is 447 g/mol. The molecule has 0 amide bonds. The lowest BCUT2D eigenvalue weighted by molar-refractivity contribution is -0.686. The van der Waals surface area contributed by atoms with Crippen molar-refractivity contribution < 1.29 is 17.7 Å². The molecule has 0 saturated heterocycles. The van der Waals surface area contributed by atoms with Crippen molar-refractivity contribution in [3.63, 3.8) is 0 Å². The van der Waals surface area contributed by atoms with Crippen LogP contribution in [0.5, 0.6) is 0 Å². The number of nitrogens with zero attached hydrogens (tertiary/aromatic N) is 4. The summed E-state index contributed by atoms with van der Waals surface area (Å²) in [5.41, 5.74) is 3.07. The number of unbranched alkanes of at least 4 members (excludes halogenated alkanes) is 3. The minimum absolute atomic E-state index is 0. The lowest BCUT2D eigenvalue weighted by Crippen LogP contribution is -3.00. The van der Waals surface area contributed by atoms with E-state index in [0.717, 1.165) is 36.9 Å². The van der Waals surface area contributed by atoms with Crippen molar-refractivity contribution in [2.75, 3.05) is 6.54 Å². The number of quaternary nitrogens is 1. The molecule has 0 fully saturated rings. The molecular weight excluding hydrogens is 414 g/mol. The summed E-state index contributed by atoms with van der Waals surface area (Å²) in [6, 6.07) is 9.41. The number of rotatable bonds is 10. The predicted octanol–water partition coefficient (Wildman–Crippen LogP) is -1.50. The maximum Gasteiger partial charge on any atom is 0.332 e. The molecule has 7 nitrogen and oxygen atoms in total. The molecule has 1 aromatic carbocycles. The fraction of sp³-hybridized carbons (Fsp3) is 0.522. The van der Waals surface area contributed by atoms with E-state index in [0.29, 0.717) is 17.2 Å². The molecule has 0 radical (unpaired) electrons. The number of fused-ring (bicyclic) bond motifs is 1. The Morgan fingerprint density at radius 3 is 2.39 bits per heavy atom. The minimum Gasteiger partial charge on any atom is -1.00 e. The zero-order chi connectivity index (χ0) is 21.7. The molecule has 0 spiro atoms. The fourth-order valence-corrected chi connectivity index (χ4v) is 3.93. The number of aryl methyl sites for hydroxylation is 3. The van der Waals surface area contributed by atoms with Crippen molar-refractivity contribution >= 4 is 11.2 Å². The predicted molar refractivity (Wildman–Crippen MR) is 120 cm³/mol. The second kappa shape index (κ2) is 11.3. The molecule has 0 saturated carbocycles. The van der Waals surface area contributed by atoms with E-state index in [1.807, 2.05) is 4.57 Å². The Bertz CT molecular complexity index is 1100. The van der Waals surface area contributed by atoms with E-state index in [4.69, 9.17) is 0 Å². The lowest BCUT2D eigenvalue weighted by atomic mass is 10.1. The highest BCUT2D eigenvalue weighted by atomic mass is 35.5. The summed E-state index contributed by atoms with van der Waals surface area (Å²) in [4.78, 5) is 28.7. The maximum atomic E-state index is 12.5. The highest BCUT2D eigenvalue weighted by Crippen LogP contribution is 2.09.